The van der Waals surface area contributed by atoms with Crippen LogP contribution >= 0.6 is 23.2 Å². The van der Waals surface area contributed by atoms with Crippen LogP contribution in [0.4, 0.5) is 13.2 Å². The highest BCUT2D eigenvalue weighted by atomic mass is 35.5. The van der Waals surface area contributed by atoms with E-state index >= 15 is 0 Å². The predicted octanol–water partition coefficient (Wildman–Crippen LogP) is 6.23. The highest BCUT2D eigenvalue weighted by Crippen LogP contribution is 2.37. The van der Waals surface area contributed by atoms with E-state index in [1.54, 1.807) is 12.1 Å². The van der Waals surface area contributed by atoms with Gasteiger partial charge in [-0.05, 0) is 78.6 Å². The molecular weight excluding hydrogens is 502 g/mol. The molecule has 2 heterocycles. The Morgan fingerprint density at radius 1 is 1.09 bits per heavy atom. The van der Waals surface area contributed by atoms with Crippen molar-refractivity contribution in [2.45, 2.75) is 44.5 Å². The molecule has 5 nitrogen and oxygen atoms in total. The summed E-state index contributed by atoms with van der Waals surface area (Å²) >= 11 is 13.1. The van der Waals surface area contributed by atoms with Gasteiger partial charge in [0, 0.05) is 34.2 Å². The third kappa shape index (κ3) is 5.14. The summed E-state index contributed by atoms with van der Waals surface area (Å²) in [6.45, 7) is 0.709. The fourth-order valence-electron chi connectivity index (χ4n) is 5.04. The van der Waals surface area contributed by atoms with Gasteiger partial charge in [0.25, 0.3) is 0 Å². The summed E-state index contributed by atoms with van der Waals surface area (Å²) in [7, 11) is 0. The molecule has 1 aliphatic heterocycles. The van der Waals surface area contributed by atoms with Crippen LogP contribution in [-0.4, -0.2) is 40.0 Å². The Labute approximate surface area is 210 Å². The van der Waals surface area contributed by atoms with Crippen molar-refractivity contribution < 1.29 is 22.7 Å². The summed E-state index contributed by atoms with van der Waals surface area (Å²) in [5.74, 6) is -0.375. The first-order valence-corrected chi connectivity index (χ1v) is 12.1. The smallest absolute Gasteiger partial charge is 0.406 e. The van der Waals surface area contributed by atoms with Crippen molar-refractivity contribution in [1.82, 2.24) is 15.1 Å². The SMILES string of the molecule is O=C1[C@H](Cc2c(Cl)cc(-c3ccc(OC(F)(F)F)cc3)cc2Cl)CCN1C1CCc2[nH]ncc2C1. The lowest BCUT2D eigenvalue weighted by Gasteiger charge is -2.31. The highest BCUT2D eigenvalue weighted by molar-refractivity contribution is 6.36. The fraction of sp³-hybridized carbons (Fsp3) is 0.360. The van der Waals surface area contributed by atoms with Crippen LogP contribution in [0.25, 0.3) is 11.1 Å². The second-order valence-corrected chi connectivity index (χ2v) is 9.80. The summed E-state index contributed by atoms with van der Waals surface area (Å²) < 4.78 is 41.1. The Morgan fingerprint density at radius 2 is 1.80 bits per heavy atom. The van der Waals surface area contributed by atoms with Gasteiger partial charge in [-0.2, -0.15) is 5.10 Å². The molecule has 10 heteroatoms. The second kappa shape index (κ2) is 9.39. The fourth-order valence-corrected chi connectivity index (χ4v) is 5.68. The number of carbonyl (C=O) groups excluding carboxylic acids is 1. The number of aromatic nitrogens is 2. The summed E-state index contributed by atoms with van der Waals surface area (Å²) in [5.41, 5.74) is 4.35. The molecule has 2 atom stereocenters. The normalized spacial score (nSPS) is 20.3. The summed E-state index contributed by atoms with van der Waals surface area (Å²) in [4.78, 5) is 15.2. The maximum atomic E-state index is 13.2. The lowest BCUT2D eigenvalue weighted by molar-refractivity contribution is -0.274. The molecule has 1 amide bonds. The van der Waals surface area contributed by atoms with Gasteiger partial charge in [0.05, 0.1) is 6.20 Å². The van der Waals surface area contributed by atoms with Gasteiger partial charge in [-0.15, -0.1) is 13.2 Å². The van der Waals surface area contributed by atoms with E-state index in [0.29, 0.717) is 39.7 Å². The van der Waals surface area contributed by atoms with E-state index in [-0.39, 0.29) is 23.6 Å². The monoisotopic (exact) mass is 523 g/mol. The van der Waals surface area contributed by atoms with Gasteiger partial charge in [0.15, 0.2) is 0 Å². The number of hydrogen-bond donors (Lipinski definition) is 1. The molecule has 0 bridgehead atoms. The number of aromatic amines is 1. The molecule has 1 saturated heterocycles. The van der Waals surface area contributed by atoms with Gasteiger partial charge >= 0.3 is 6.36 Å². The van der Waals surface area contributed by atoms with E-state index in [1.165, 1.54) is 29.8 Å². The summed E-state index contributed by atoms with van der Waals surface area (Å²) in [6.07, 6.45) is 0.887. The number of likely N-dealkylation sites (tertiary alicyclic amines) is 1. The maximum Gasteiger partial charge on any atom is 0.573 e. The van der Waals surface area contributed by atoms with E-state index < -0.39 is 6.36 Å². The molecule has 0 radical (unpaired) electrons. The van der Waals surface area contributed by atoms with Crippen LogP contribution in [0.15, 0.2) is 42.6 Å². The molecule has 0 spiro atoms. The van der Waals surface area contributed by atoms with Gasteiger partial charge in [-0.3, -0.25) is 9.89 Å². The molecule has 0 saturated carbocycles. The first-order chi connectivity index (χ1) is 16.7. The van der Waals surface area contributed by atoms with Crippen molar-refractivity contribution in [1.29, 1.82) is 0 Å². The van der Waals surface area contributed by atoms with Crippen molar-refractivity contribution in [3.05, 3.63) is 69.5 Å². The lowest BCUT2D eigenvalue weighted by atomic mass is 9.92. The number of carbonyl (C=O) groups is 1. The lowest BCUT2D eigenvalue weighted by Crippen LogP contribution is -2.41. The number of amides is 1. The van der Waals surface area contributed by atoms with Crippen molar-refractivity contribution in [2.24, 2.45) is 5.92 Å². The van der Waals surface area contributed by atoms with E-state index in [4.69, 9.17) is 23.2 Å². The number of benzene rings is 2. The number of rotatable bonds is 5. The first-order valence-electron chi connectivity index (χ1n) is 11.3. The number of H-pyrrole nitrogens is 1. The molecule has 1 aliphatic carbocycles. The predicted molar refractivity (Wildman–Crippen MR) is 127 cm³/mol. The largest absolute Gasteiger partial charge is 0.573 e. The molecule has 35 heavy (non-hydrogen) atoms. The molecule has 1 N–H and O–H groups in total. The van der Waals surface area contributed by atoms with Crippen LogP contribution < -0.4 is 4.74 Å². The minimum absolute atomic E-state index is 0.124. The topological polar surface area (TPSA) is 58.2 Å². The van der Waals surface area contributed by atoms with Crippen molar-refractivity contribution in [3.63, 3.8) is 0 Å². The number of hydrogen-bond acceptors (Lipinski definition) is 3. The molecule has 1 unspecified atom stereocenters. The molecule has 184 valence electrons. The van der Waals surface area contributed by atoms with E-state index in [0.717, 1.165) is 31.4 Å². The average Bonchev–Trinajstić information content (AvgIpc) is 3.41. The van der Waals surface area contributed by atoms with Gasteiger partial charge in [-0.1, -0.05) is 35.3 Å². The molecule has 2 aromatic carbocycles. The van der Waals surface area contributed by atoms with E-state index in [9.17, 15) is 18.0 Å². The zero-order valence-corrected chi connectivity index (χ0v) is 20.1. The van der Waals surface area contributed by atoms with Gasteiger partial charge in [0.2, 0.25) is 5.91 Å². The van der Waals surface area contributed by atoms with Gasteiger partial charge in [0.1, 0.15) is 5.75 Å². The Balaban J connectivity index is 1.28. The van der Waals surface area contributed by atoms with E-state index in [1.807, 2.05) is 11.1 Å². The summed E-state index contributed by atoms with van der Waals surface area (Å²) in [6, 6.07) is 9.12. The van der Waals surface area contributed by atoms with Crippen LogP contribution in [0.2, 0.25) is 10.0 Å². The number of ether oxygens (including phenoxy) is 1. The zero-order chi connectivity index (χ0) is 24.7. The molecular formula is C25H22Cl2F3N3O2. The molecule has 2 aliphatic rings. The Morgan fingerprint density at radius 3 is 2.49 bits per heavy atom. The van der Waals surface area contributed by atoms with Crippen LogP contribution in [-0.2, 0) is 24.1 Å². The highest BCUT2D eigenvalue weighted by Gasteiger charge is 2.38. The number of nitrogens with one attached hydrogen (secondary N) is 1. The third-order valence-corrected chi connectivity index (χ3v) is 7.47. The second-order valence-electron chi connectivity index (χ2n) is 8.98. The van der Waals surface area contributed by atoms with Crippen molar-refractivity contribution in [2.75, 3.05) is 6.54 Å². The molecule has 5 rings (SSSR count). The minimum Gasteiger partial charge on any atom is -0.406 e. The van der Waals surface area contributed by atoms with Gasteiger partial charge < -0.3 is 9.64 Å². The number of fused-ring (bicyclic) bond motifs is 1. The maximum absolute atomic E-state index is 13.2. The first kappa shape index (κ1) is 24.0. The van der Waals surface area contributed by atoms with E-state index in [2.05, 4.69) is 14.9 Å². The van der Waals surface area contributed by atoms with Crippen LogP contribution in [0.3, 0.4) is 0 Å². The van der Waals surface area contributed by atoms with Crippen LogP contribution in [0.5, 0.6) is 5.75 Å². The van der Waals surface area contributed by atoms with Crippen molar-refractivity contribution >= 4 is 29.1 Å². The Kier molecular flexibility index (Phi) is 6.44. The average molecular weight is 524 g/mol. The quantitative estimate of drug-likeness (QED) is 0.431. The molecule has 1 fully saturated rings. The van der Waals surface area contributed by atoms with Gasteiger partial charge in [-0.25, -0.2) is 0 Å². The van der Waals surface area contributed by atoms with Crippen molar-refractivity contribution in [3.8, 4) is 16.9 Å². The van der Waals surface area contributed by atoms with Crippen LogP contribution in [0, 0.1) is 5.92 Å². The zero-order valence-electron chi connectivity index (χ0n) is 18.5. The third-order valence-electron chi connectivity index (χ3n) is 6.79. The molecule has 3 aromatic rings. The minimum atomic E-state index is -4.75. The standard InChI is InChI=1S/C25H22Cl2F3N3O2/c26-21-11-16(14-1-4-19(5-2-14)35-25(28,29)30)12-22(27)20(21)10-15-7-8-33(24(15)34)18-3-6-23-17(9-18)13-31-32-23/h1-2,4-5,11-13,15,18H,3,6-10H2,(H,31,32)/t15-,18?/m0/s1. The Bertz CT molecular complexity index is 1220. The number of nitrogens with zero attached hydrogens (tertiary/aromatic N) is 2. The number of alkyl halides is 3. The number of aryl methyl sites for hydroxylation is 1. The van der Waals surface area contributed by atoms with Crippen LogP contribution in [0.1, 0.15) is 29.7 Å². The molecule has 1 aromatic heterocycles. The Hall–Kier alpha value is -2.71. The number of halogens is 5. The summed E-state index contributed by atoms with van der Waals surface area (Å²) in [5, 5.41) is 7.99.